The molecule has 1 aromatic carbocycles. The minimum absolute atomic E-state index is 0.440. The minimum Gasteiger partial charge on any atom is -0.377 e. The minimum atomic E-state index is 0.440. The molecule has 1 N–H and O–H groups in total. The van der Waals surface area contributed by atoms with E-state index in [4.69, 9.17) is 4.74 Å². The van der Waals surface area contributed by atoms with Crippen LogP contribution in [0.4, 0.5) is 5.69 Å². The van der Waals surface area contributed by atoms with Crippen LogP contribution in [-0.4, -0.2) is 39.4 Å². The predicted octanol–water partition coefficient (Wildman–Crippen LogP) is 1.73. The van der Waals surface area contributed by atoms with Gasteiger partial charge in [-0.1, -0.05) is 6.07 Å². The number of nitrogens with zero attached hydrogens (tertiary/aromatic N) is 1. The summed E-state index contributed by atoms with van der Waals surface area (Å²) in [6, 6.07) is 7.19. The van der Waals surface area contributed by atoms with Crippen molar-refractivity contribution in [2.24, 2.45) is 0 Å². The van der Waals surface area contributed by atoms with E-state index >= 15 is 0 Å². The van der Waals surface area contributed by atoms with E-state index in [9.17, 15) is 0 Å². The number of nitrogens with one attached hydrogen (secondary N) is 1. The largest absolute Gasteiger partial charge is 0.377 e. The topological polar surface area (TPSA) is 24.5 Å². The Kier molecular flexibility index (Phi) is 4.02. The smallest absolute Gasteiger partial charge is 0.0683 e. The van der Waals surface area contributed by atoms with Crippen LogP contribution in [0.5, 0.6) is 0 Å². The number of likely N-dealkylation sites (N-methyl/N-ethyl adjacent to an activating group) is 1. The van der Waals surface area contributed by atoms with E-state index in [1.54, 1.807) is 0 Å². The number of anilines is 1. The van der Waals surface area contributed by atoms with Gasteiger partial charge in [0.15, 0.2) is 0 Å². The van der Waals surface area contributed by atoms with Gasteiger partial charge in [-0.25, -0.2) is 0 Å². The Bertz CT molecular complexity index is 356. The summed E-state index contributed by atoms with van der Waals surface area (Å²) in [5, 5.41) is 3.24. The van der Waals surface area contributed by atoms with E-state index in [1.807, 2.05) is 7.05 Å². The van der Waals surface area contributed by atoms with Gasteiger partial charge < -0.3 is 15.0 Å². The lowest BCUT2D eigenvalue weighted by Gasteiger charge is -2.37. The summed E-state index contributed by atoms with van der Waals surface area (Å²) in [6.07, 6.45) is 0. The molecule has 94 valence electrons. The molecule has 0 spiro atoms. The average molecular weight is 234 g/mol. The van der Waals surface area contributed by atoms with E-state index in [-0.39, 0.29) is 0 Å². The molecule has 1 aliphatic rings. The zero-order valence-electron chi connectivity index (χ0n) is 11.0. The summed E-state index contributed by atoms with van der Waals surface area (Å²) in [7, 11) is 1.99. The monoisotopic (exact) mass is 234 g/mol. The van der Waals surface area contributed by atoms with Crippen molar-refractivity contribution in [1.29, 1.82) is 0 Å². The van der Waals surface area contributed by atoms with E-state index in [0.717, 1.165) is 26.3 Å². The number of rotatable bonds is 3. The number of aryl methyl sites for hydroxylation is 2. The van der Waals surface area contributed by atoms with Gasteiger partial charge in [0, 0.05) is 18.8 Å². The SMILES string of the molecule is CNCC1COCCN1c1cc(C)cc(C)c1. The lowest BCUT2D eigenvalue weighted by atomic mass is 10.1. The summed E-state index contributed by atoms with van der Waals surface area (Å²) >= 11 is 0. The first kappa shape index (κ1) is 12.4. The molecule has 0 bridgehead atoms. The third-order valence-electron chi connectivity index (χ3n) is 3.21. The van der Waals surface area contributed by atoms with Crippen molar-refractivity contribution in [2.45, 2.75) is 19.9 Å². The second kappa shape index (κ2) is 5.52. The molecule has 1 unspecified atom stereocenters. The van der Waals surface area contributed by atoms with Crippen LogP contribution in [0.3, 0.4) is 0 Å². The molecule has 3 nitrogen and oxygen atoms in total. The van der Waals surface area contributed by atoms with E-state index in [2.05, 4.69) is 42.3 Å². The number of hydrogen-bond donors (Lipinski definition) is 1. The van der Waals surface area contributed by atoms with Crippen molar-refractivity contribution in [1.82, 2.24) is 5.32 Å². The van der Waals surface area contributed by atoms with Gasteiger partial charge in [-0.15, -0.1) is 0 Å². The van der Waals surface area contributed by atoms with E-state index < -0.39 is 0 Å². The van der Waals surface area contributed by atoms with Gasteiger partial charge in [-0.2, -0.15) is 0 Å². The fourth-order valence-corrected chi connectivity index (χ4v) is 2.52. The Morgan fingerprint density at radius 1 is 1.29 bits per heavy atom. The predicted molar refractivity (Wildman–Crippen MR) is 71.8 cm³/mol. The van der Waals surface area contributed by atoms with Crippen LogP contribution < -0.4 is 10.2 Å². The maximum absolute atomic E-state index is 5.57. The third-order valence-corrected chi connectivity index (χ3v) is 3.21. The summed E-state index contributed by atoms with van der Waals surface area (Å²) < 4.78 is 5.57. The van der Waals surface area contributed by atoms with Crippen molar-refractivity contribution in [3.05, 3.63) is 29.3 Å². The van der Waals surface area contributed by atoms with Gasteiger partial charge in [0.05, 0.1) is 19.3 Å². The lowest BCUT2D eigenvalue weighted by molar-refractivity contribution is 0.0943. The molecule has 0 saturated carbocycles. The molecule has 1 aromatic rings. The summed E-state index contributed by atoms with van der Waals surface area (Å²) in [4.78, 5) is 2.46. The molecule has 1 atom stereocenters. The Hall–Kier alpha value is -1.06. The van der Waals surface area contributed by atoms with Crippen LogP contribution in [0.15, 0.2) is 18.2 Å². The van der Waals surface area contributed by atoms with Crippen LogP contribution >= 0.6 is 0 Å². The van der Waals surface area contributed by atoms with Crippen molar-refractivity contribution in [2.75, 3.05) is 38.3 Å². The molecule has 3 heteroatoms. The Morgan fingerprint density at radius 2 is 2.00 bits per heavy atom. The highest BCUT2D eigenvalue weighted by atomic mass is 16.5. The first-order valence-corrected chi connectivity index (χ1v) is 6.28. The molecule has 0 radical (unpaired) electrons. The van der Waals surface area contributed by atoms with Crippen LogP contribution in [0.25, 0.3) is 0 Å². The molecule has 2 rings (SSSR count). The van der Waals surface area contributed by atoms with Gasteiger partial charge in [0.1, 0.15) is 0 Å². The molecule has 0 aliphatic carbocycles. The molecule has 1 heterocycles. The zero-order chi connectivity index (χ0) is 12.3. The quantitative estimate of drug-likeness (QED) is 0.862. The first-order chi connectivity index (χ1) is 8.20. The number of morpholine rings is 1. The van der Waals surface area contributed by atoms with Gasteiger partial charge in [-0.05, 0) is 44.2 Å². The van der Waals surface area contributed by atoms with Crippen LogP contribution in [-0.2, 0) is 4.74 Å². The van der Waals surface area contributed by atoms with Crippen LogP contribution in [0.2, 0.25) is 0 Å². The second-order valence-corrected chi connectivity index (χ2v) is 4.83. The maximum atomic E-state index is 5.57. The Labute approximate surface area is 104 Å². The molecule has 0 aromatic heterocycles. The average Bonchev–Trinajstić information content (AvgIpc) is 2.29. The highest BCUT2D eigenvalue weighted by Crippen LogP contribution is 2.22. The molecule has 0 amide bonds. The van der Waals surface area contributed by atoms with Gasteiger partial charge in [-0.3, -0.25) is 0 Å². The van der Waals surface area contributed by atoms with Gasteiger partial charge in [0.25, 0.3) is 0 Å². The zero-order valence-corrected chi connectivity index (χ0v) is 11.0. The number of hydrogen-bond acceptors (Lipinski definition) is 3. The highest BCUT2D eigenvalue weighted by molar-refractivity contribution is 5.52. The molecule has 17 heavy (non-hydrogen) atoms. The fraction of sp³-hybridized carbons (Fsp3) is 0.571. The summed E-state index contributed by atoms with van der Waals surface area (Å²) in [6.45, 7) is 7.90. The summed E-state index contributed by atoms with van der Waals surface area (Å²) in [5.74, 6) is 0. The van der Waals surface area contributed by atoms with E-state index in [1.165, 1.54) is 16.8 Å². The van der Waals surface area contributed by atoms with Crippen molar-refractivity contribution < 1.29 is 4.74 Å². The molecular weight excluding hydrogens is 212 g/mol. The van der Waals surface area contributed by atoms with Crippen molar-refractivity contribution >= 4 is 5.69 Å². The standard InChI is InChI=1S/C14H22N2O/c1-11-6-12(2)8-13(7-11)16-4-5-17-10-14(16)9-15-3/h6-8,14-15H,4-5,9-10H2,1-3H3. The van der Waals surface area contributed by atoms with E-state index in [0.29, 0.717) is 6.04 Å². The molecule has 1 saturated heterocycles. The number of benzene rings is 1. The van der Waals surface area contributed by atoms with Gasteiger partial charge >= 0.3 is 0 Å². The van der Waals surface area contributed by atoms with Crippen molar-refractivity contribution in [3.8, 4) is 0 Å². The van der Waals surface area contributed by atoms with Crippen LogP contribution in [0.1, 0.15) is 11.1 Å². The summed E-state index contributed by atoms with van der Waals surface area (Å²) in [5.41, 5.74) is 3.98. The first-order valence-electron chi connectivity index (χ1n) is 6.28. The number of ether oxygens (including phenoxy) is 1. The van der Waals surface area contributed by atoms with Crippen molar-refractivity contribution in [3.63, 3.8) is 0 Å². The van der Waals surface area contributed by atoms with Crippen LogP contribution in [0, 0.1) is 13.8 Å². The van der Waals surface area contributed by atoms with Gasteiger partial charge in [0.2, 0.25) is 0 Å². The molecule has 1 aliphatic heterocycles. The lowest BCUT2D eigenvalue weighted by Crippen LogP contribution is -2.50. The highest BCUT2D eigenvalue weighted by Gasteiger charge is 2.22. The molecule has 1 fully saturated rings. The maximum Gasteiger partial charge on any atom is 0.0683 e. The second-order valence-electron chi connectivity index (χ2n) is 4.83. The Balaban J connectivity index is 2.22. The fourth-order valence-electron chi connectivity index (χ4n) is 2.52. The third kappa shape index (κ3) is 2.99. The Morgan fingerprint density at radius 3 is 2.65 bits per heavy atom. The molecular formula is C14H22N2O. The normalized spacial score (nSPS) is 20.6.